The van der Waals surface area contributed by atoms with Crippen molar-refractivity contribution < 1.29 is 17.9 Å². The summed E-state index contributed by atoms with van der Waals surface area (Å²) in [5.41, 5.74) is 2.87. The summed E-state index contributed by atoms with van der Waals surface area (Å²) in [4.78, 5) is 16.8. The SMILES string of the molecule is N#Cc1ccc(-c2ccc(OCC(=O)Nc3cccc(S(=O)(=O)NC4=NCCCCC4)c3)cc2)cc1. The Labute approximate surface area is 210 Å². The highest BCUT2D eigenvalue weighted by Gasteiger charge is 2.18. The number of ether oxygens (including phenoxy) is 1. The van der Waals surface area contributed by atoms with Crippen molar-refractivity contribution in [2.75, 3.05) is 18.5 Å². The lowest BCUT2D eigenvalue weighted by Gasteiger charge is -2.12. The summed E-state index contributed by atoms with van der Waals surface area (Å²) in [5, 5.41) is 11.6. The minimum absolute atomic E-state index is 0.0477. The van der Waals surface area contributed by atoms with Gasteiger partial charge >= 0.3 is 0 Å². The highest BCUT2D eigenvalue weighted by molar-refractivity contribution is 7.90. The van der Waals surface area contributed by atoms with Crippen LogP contribution in [-0.2, 0) is 14.8 Å². The van der Waals surface area contributed by atoms with E-state index in [0.717, 1.165) is 30.4 Å². The first-order valence-corrected chi connectivity index (χ1v) is 13.1. The number of amidine groups is 1. The van der Waals surface area contributed by atoms with E-state index in [1.165, 1.54) is 12.1 Å². The number of nitrogens with one attached hydrogen (secondary N) is 2. The summed E-state index contributed by atoms with van der Waals surface area (Å²) < 4.78 is 33.7. The van der Waals surface area contributed by atoms with Crippen molar-refractivity contribution >= 4 is 27.5 Å². The van der Waals surface area contributed by atoms with Crippen LogP contribution in [0.15, 0.2) is 82.7 Å². The summed E-state index contributed by atoms with van der Waals surface area (Å²) in [5.74, 6) is 0.578. The molecule has 0 saturated heterocycles. The van der Waals surface area contributed by atoms with Gasteiger partial charge in [-0.3, -0.25) is 14.5 Å². The van der Waals surface area contributed by atoms with Gasteiger partial charge in [0.25, 0.3) is 15.9 Å². The minimum atomic E-state index is -3.80. The fourth-order valence-corrected chi connectivity index (χ4v) is 4.87. The predicted molar refractivity (Wildman–Crippen MR) is 138 cm³/mol. The van der Waals surface area contributed by atoms with Crippen LogP contribution in [0.3, 0.4) is 0 Å². The Morgan fingerprint density at radius 3 is 2.42 bits per heavy atom. The predicted octanol–water partition coefficient (Wildman–Crippen LogP) is 4.49. The van der Waals surface area contributed by atoms with E-state index in [9.17, 15) is 13.2 Å². The summed E-state index contributed by atoms with van der Waals surface area (Å²) in [6.07, 6.45) is 3.48. The Morgan fingerprint density at radius 1 is 0.972 bits per heavy atom. The zero-order valence-electron chi connectivity index (χ0n) is 19.6. The molecule has 0 spiro atoms. The molecule has 9 heteroatoms. The molecule has 0 atom stereocenters. The molecule has 2 N–H and O–H groups in total. The number of hydrogen-bond acceptors (Lipinski definition) is 6. The number of aliphatic imine (C=N–C) groups is 1. The van der Waals surface area contributed by atoms with Crippen LogP contribution in [0.25, 0.3) is 11.1 Å². The number of anilines is 1. The number of hydrogen-bond donors (Lipinski definition) is 2. The fraction of sp³-hybridized carbons (Fsp3) is 0.222. The second kappa shape index (κ2) is 11.5. The largest absolute Gasteiger partial charge is 0.484 e. The molecule has 36 heavy (non-hydrogen) atoms. The van der Waals surface area contributed by atoms with Gasteiger partial charge in [0.2, 0.25) is 0 Å². The van der Waals surface area contributed by atoms with Crippen LogP contribution in [0.5, 0.6) is 5.75 Å². The first-order chi connectivity index (χ1) is 17.4. The normalized spacial score (nSPS) is 13.6. The van der Waals surface area contributed by atoms with Gasteiger partial charge in [-0.25, -0.2) is 8.42 Å². The van der Waals surface area contributed by atoms with E-state index >= 15 is 0 Å². The summed E-state index contributed by atoms with van der Waals surface area (Å²) in [6.45, 7) is 0.383. The number of rotatable bonds is 7. The number of nitriles is 1. The van der Waals surface area contributed by atoms with E-state index in [4.69, 9.17) is 10.00 Å². The van der Waals surface area contributed by atoms with Crippen molar-refractivity contribution in [2.24, 2.45) is 4.99 Å². The molecule has 0 fully saturated rings. The summed E-state index contributed by atoms with van der Waals surface area (Å²) in [6, 6.07) is 22.7. The van der Waals surface area contributed by atoms with E-state index in [0.29, 0.717) is 35.8 Å². The molecule has 184 valence electrons. The number of sulfonamides is 1. The molecule has 0 aliphatic carbocycles. The van der Waals surface area contributed by atoms with Gasteiger partial charge in [-0.15, -0.1) is 0 Å². The Kier molecular flexibility index (Phi) is 7.98. The van der Waals surface area contributed by atoms with Crippen molar-refractivity contribution in [3.8, 4) is 22.9 Å². The maximum Gasteiger partial charge on any atom is 0.262 e. The first kappa shape index (κ1) is 24.9. The van der Waals surface area contributed by atoms with E-state index < -0.39 is 15.9 Å². The Balaban J connectivity index is 1.33. The lowest BCUT2D eigenvalue weighted by molar-refractivity contribution is -0.118. The van der Waals surface area contributed by atoms with Crippen molar-refractivity contribution in [1.29, 1.82) is 5.26 Å². The van der Waals surface area contributed by atoms with Crippen LogP contribution < -0.4 is 14.8 Å². The standard InChI is InChI=1S/C27H26N4O4S/c28-18-20-8-10-21(11-9-20)22-12-14-24(15-13-22)35-19-27(32)30-23-5-4-6-25(17-23)36(33,34)31-26-7-2-1-3-16-29-26/h4-6,8-15,17H,1-3,7,16,19H2,(H,29,31)(H,30,32). The van der Waals surface area contributed by atoms with E-state index in [1.807, 2.05) is 24.3 Å². The van der Waals surface area contributed by atoms with Crippen molar-refractivity contribution in [2.45, 2.75) is 30.6 Å². The molecule has 0 bridgehead atoms. The maximum absolute atomic E-state index is 12.8. The highest BCUT2D eigenvalue weighted by atomic mass is 32.2. The lowest BCUT2D eigenvalue weighted by Crippen LogP contribution is -2.30. The third-order valence-corrected chi connectivity index (χ3v) is 7.01. The summed E-state index contributed by atoms with van der Waals surface area (Å²) >= 11 is 0. The molecule has 0 unspecified atom stereocenters. The average molecular weight is 503 g/mol. The third kappa shape index (κ3) is 6.71. The van der Waals surface area contributed by atoms with Crippen LogP contribution in [0.2, 0.25) is 0 Å². The number of benzene rings is 3. The van der Waals surface area contributed by atoms with Crippen LogP contribution in [0.4, 0.5) is 5.69 Å². The quantitative estimate of drug-likeness (QED) is 0.493. The zero-order chi connectivity index (χ0) is 25.4. The van der Waals surface area contributed by atoms with Gasteiger partial charge < -0.3 is 10.1 Å². The minimum Gasteiger partial charge on any atom is -0.484 e. The molecule has 1 aliphatic heterocycles. The van der Waals surface area contributed by atoms with Crippen molar-refractivity contribution in [3.63, 3.8) is 0 Å². The van der Waals surface area contributed by atoms with Gasteiger partial charge in [0.05, 0.1) is 16.5 Å². The van der Waals surface area contributed by atoms with Crippen molar-refractivity contribution in [3.05, 3.63) is 78.4 Å². The lowest BCUT2D eigenvalue weighted by atomic mass is 10.0. The Hall–Kier alpha value is -4.16. The molecule has 1 amide bonds. The fourth-order valence-electron chi connectivity index (χ4n) is 3.74. The van der Waals surface area contributed by atoms with Crippen LogP contribution in [0.1, 0.15) is 31.2 Å². The Morgan fingerprint density at radius 2 is 1.69 bits per heavy atom. The van der Waals surface area contributed by atoms with Gasteiger partial charge in [-0.05, 0) is 66.4 Å². The molecule has 0 aromatic heterocycles. The third-order valence-electron chi connectivity index (χ3n) is 5.63. The second-order valence-corrected chi connectivity index (χ2v) is 10.0. The van der Waals surface area contributed by atoms with Crippen LogP contribution in [0, 0.1) is 11.3 Å². The van der Waals surface area contributed by atoms with Gasteiger partial charge in [0.1, 0.15) is 11.6 Å². The monoisotopic (exact) mass is 502 g/mol. The summed E-state index contributed by atoms with van der Waals surface area (Å²) in [7, 11) is -3.80. The number of amides is 1. The molecule has 8 nitrogen and oxygen atoms in total. The van der Waals surface area contributed by atoms with Gasteiger partial charge in [-0.1, -0.05) is 36.8 Å². The van der Waals surface area contributed by atoms with E-state index in [-0.39, 0.29) is 11.5 Å². The molecule has 3 aromatic carbocycles. The number of nitrogens with zero attached hydrogens (tertiary/aromatic N) is 2. The average Bonchev–Trinajstić information content (AvgIpc) is 3.16. The molecule has 1 heterocycles. The first-order valence-electron chi connectivity index (χ1n) is 11.6. The maximum atomic E-state index is 12.8. The second-order valence-electron chi connectivity index (χ2n) is 8.32. The topological polar surface area (TPSA) is 121 Å². The smallest absolute Gasteiger partial charge is 0.262 e. The molecule has 0 radical (unpaired) electrons. The zero-order valence-corrected chi connectivity index (χ0v) is 20.4. The van der Waals surface area contributed by atoms with Crippen molar-refractivity contribution in [1.82, 2.24) is 4.72 Å². The number of carbonyl (C=O) groups is 1. The van der Waals surface area contributed by atoms with Gasteiger partial charge in [-0.2, -0.15) is 5.26 Å². The van der Waals surface area contributed by atoms with Crippen LogP contribution >= 0.6 is 0 Å². The molecule has 3 aromatic rings. The number of carbonyl (C=O) groups excluding carboxylic acids is 1. The molecule has 0 saturated carbocycles. The Bertz CT molecular complexity index is 1390. The van der Waals surface area contributed by atoms with Crippen LogP contribution in [-0.4, -0.2) is 33.3 Å². The van der Waals surface area contributed by atoms with Gasteiger partial charge in [0, 0.05) is 18.7 Å². The van der Waals surface area contributed by atoms with Gasteiger partial charge in [0.15, 0.2) is 6.61 Å². The molecular weight excluding hydrogens is 476 g/mol. The highest BCUT2D eigenvalue weighted by Crippen LogP contribution is 2.23. The van der Waals surface area contributed by atoms with E-state index in [2.05, 4.69) is 21.1 Å². The molecule has 1 aliphatic rings. The molecule has 4 rings (SSSR count). The molecular formula is C27H26N4O4S. The van der Waals surface area contributed by atoms with E-state index in [1.54, 1.807) is 36.4 Å².